The van der Waals surface area contributed by atoms with Gasteiger partial charge in [-0.2, -0.15) is 0 Å². The van der Waals surface area contributed by atoms with Crippen molar-refractivity contribution in [3.8, 4) is 17.0 Å². The predicted octanol–water partition coefficient (Wildman–Crippen LogP) is 4.11. The van der Waals surface area contributed by atoms with Gasteiger partial charge in [0.15, 0.2) is 5.82 Å². The van der Waals surface area contributed by atoms with Crippen molar-refractivity contribution in [2.75, 3.05) is 38.7 Å². The molecule has 2 aromatic heterocycles. The van der Waals surface area contributed by atoms with E-state index in [2.05, 4.69) is 20.8 Å². The number of ether oxygens (including phenoxy) is 2. The van der Waals surface area contributed by atoms with Crippen molar-refractivity contribution < 1.29 is 13.9 Å². The van der Waals surface area contributed by atoms with E-state index in [4.69, 9.17) is 9.47 Å². The minimum absolute atomic E-state index is 0. The standard InChI is InChI=1S/C20H23FN4O2S.ClH/c1-26-9-10-27-17-12-13(21)2-3-15(17)18-16-6-11-28-19(16)20(25-24-18)23-14-4-7-22-8-5-14;/h2-3,6,11-12,14,22H,4-5,7-10H2,1H3,(H,23,25);1H. The molecule has 4 rings (SSSR count). The molecule has 1 aliphatic heterocycles. The number of rotatable bonds is 7. The molecule has 1 fully saturated rings. The van der Waals surface area contributed by atoms with Crippen molar-refractivity contribution in [1.29, 1.82) is 0 Å². The van der Waals surface area contributed by atoms with Crippen LogP contribution in [-0.2, 0) is 4.74 Å². The van der Waals surface area contributed by atoms with Gasteiger partial charge in [-0.1, -0.05) is 0 Å². The number of piperidine rings is 1. The number of fused-ring (bicyclic) bond motifs is 1. The largest absolute Gasteiger partial charge is 0.490 e. The van der Waals surface area contributed by atoms with Gasteiger partial charge in [-0.15, -0.1) is 33.9 Å². The van der Waals surface area contributed by atoms with Crippen molar-refractivity contribution >= 4 is 39.6 Å². The first kappa shape index (κ1) is 21.7. The predicted molar refractivity (Wildman–Crippen MR) is 117 cm³/mol. The minimum Gasteiger partial charge on any atom is -0.490 e. The van der Waals surface area contributed by atoms with Gasteiger partial charge in [-0.25, -0.2) is 4.39 Å². The molecule has 1 aromatic carbocycles. The zero-order valence-corrected chi connectivity index (χ0v) is 17.7. The average Bonchev–Trinajstić information content (AvgIpc) is 3.20. The molecule has 0 amide bonds. The van der Waals surface area contributed by atoms with Crippen LogP contribution < -0.4 is 15.4 Å². The lowest BCUT2D eigenvalue weighted by Crippen LogP contribution is -2.35. The molecule has 0 saturated carbocycles. The fourth-order valence-electron chi connectivity index (χ4n) is 3.38. The number of thiophene rings is 1. The lowest BCUT2D eigenvalue weighted by molar-refractivity contribution is 0.146. The third-order valence-corrected chi connectivity index (χ3v) is 5.73. The summed E-state index contributed by atoms with van der Waals surface area (Å²) in [5.74, 6) is 0.900. The molecule has 29 heavy (non-hydrogen) atoms. The first-order valence-corrected chi connectivity index (χ1v) is 10.3. The van der Waals surface area contributed by atoms with Crippen LogP contribution in [0.3, 0.4) is 0 Å². The molecule has 3 heterocycles. The van der Waals surface area contributed by atoms with Crippen LogP contribution in [0.1, 0.15) is 12.8 Å². The van der Waals surface area contributed by atoms with Crippen LogP contribution in [0, 0.1) is 5.82 Å². The zero-order chi connectivity index (χ0) is 19.3. The number of nitrogens with one attached hydrogen (secondary N) is 2. The third-order valence-electron chi connectivity index (χ3n) is 4.81. The summed E-state index contributed by atoms with van der Waals surface area (Å²) in [6.45, 7) is 2.78. The summed E-state index contributed by atoms with van der Waals surface area (Å²) >= 11 is 1.63. The Hall–Kier alpha value is -2.00. The van der Waals surface area contributed by atoms with Crippen LogP contribution in [0.5, 0.6) is 5.75 Å². The molecular formula is C20H24ClFN4O2S. The first-order chi connectivity index (χ1) is 13.8. The molecule has 6 nitrogen and oxygen atoms in total. The molecule has 1 aliphatic rings. The van der Waals surface area contributed by atoms with Gasteiger partial charge in [0.1, 0.15) is 23.9 Å². The van der Waals surface area contributed by atoms with Gasteiger partial charge in [-0.05, 0) is 49.5 Å². The number of benzene rings is 1. The van der Waals surface area contributed by atoms with Crippen molar-refractivity contribution in [3.05, 3.63) is 35.5 Å². The van der Waals surface area contributed by atoms with Crippen LogP contribution in [0.25, 0.3) is 21.3 Å². The fourth-order valence-corrected chi connectivity index (χ4v) is 4.22. The van der Waals surface area contributed by atoms with Crippen molar-refractivity contribution in [1.82, 2.24) is 15.5 Å². The Morgan fingerprint density at radius 2 is 2.03 bits per heavy atom. The molecule has 0 atom stereocenters. The summed E-state index contributed by atoms with van der Waals surface area (Å²) in [7, 11) is 1.60. The molecule has 0 aliphatic carbocycles. The number of aromatic nitrogens is 2. The second-order valence-electron chi connectivity index (χ2n) is 6.71. The monoisotopic (exact) mass is 438 g/mol. The summed E-state index contributed by atoms with van der Waals surface area (Å²) in [4.78, 5) is 0. The van der Waals surface area contributed by atoms with E-state index >= 15 is 0 Å². The molecule has 0 unspecified atom stereocenters. The van der Waals surface area contributed by atoms with Gasteiger partial charge >= 0.3 is 0 Å². The van der Waals surface area contributed by atoms with Crippen molar-refractivity contribution in [3.63, 3.8) is 0 Å². The summed E-state index contributed by atoms with van der Waals surface area (Å²) in [6, 6.07) is 6.91. The quantitative estimate of drug-likeness (QED) is 0.541. The van der Waals surface area contributed by atoms with Crippen LogP contribution in [-0.4, -0.2) is 49.7 Å². The lowest BCUT2D eigenvalue weighted by atomic mass is 10.1. The van der Waals surface area contributed by atoms with Crippen molar-refractivity contribution in [2.45, 2.75) is 18.9 Å². The highest BCUT2D eigenvalue weighted by Gasteiger charge is 2.19. The molecule has 2 N–H and O–H groups in total. The van der Waals surface area contributed by atoms with Gasteiger partial charge < -0.3 is 20.1 Å². The van der Waals surface area contributed by atoms with Crippen LogP contribution in [0.15, 0.2) is 29.6 Å². The number of nitrogens with zero attached hydrogens (tertiary/aromatic N) is 2. The second kappa shape index (κ2) is 10.2. The van der Waals surface area contributed by atoms with E-state index in [-0.39, 0.29) is 18.2 Å². The highest BCUT2D eigenvalue weighted by Crippen LogP contribution is 2.38. The van der Waals surface area contributed by atoms with Gasteiger partial charge in [0, 0.05) is 30.2 Å². The molecule has 1 saturated heterocycles. The van der Waals surface area contributed by atoms with Gasteiger partial charge in [0.25, 0.3) is 0 Å². The highest BCUT2D eigenvalue weighted by molar-refractivity contribution is 7.17. The van der Waals surface area contributed by atoms with Crippen LogP contribution in [0.2, 0.25) is 0 Å². The molecule has 3 aromatic rings. The normalized spacial score (nSPS) is 14.6. The van der Waals surface area contributed by atoms with E-state index in [0.717, 1.165) is 47.4 Å². The number of hydrogen-bond donors (Lipinski definition) is 2. The maximum atomic E-state index is 13.8. The SMILES string of the molecule is COCCOc1cc(F)ccc1-c1nnc(NC2CCNCC2)c2sccc12.Cl. The number of anilines is 1. The molecule has 9 heteroatoms. The Balaban J connectivity index is 0.00000240. The van der Waals surface area contributed by atoms with Crippen LogP contribution >= 0.6 is 23.7 Å². The second-order valence-corrected chi connectivity index (χ2v) is 7.63. The van der Waals surface area contributed by atoms with Crippen molar-refractivity contribution in [2.24, 2.45) is 0 Å². The maximum absolute atomic E-state index is 13.8. The smallest absolute Gasteiger partial charge is 0.166 e. The Kier molecular flexibility index (Phi) is 7.60. The van der Waals surface area contributed by atoms with Crippen LogP contribution in [0.4, 0.5) is 10.2 Å². The molecule has 0 spiro atoms. The Bertz CT molecular complexity index is 949. The fraction of sp³-hybridized carbons (Fsp3) is 0.400. The maximum Gasteiger partial charge on any atom is 0.166 e. The highest BCUT2D eigenvalue weighted by atomic mass is 35.5. The molecule has 156 valence electrons. The van der Waals surface area contributed by atoms with E-state index in [9.17, 15) is 4.39 Å². The summed E-state index contributed by atoms with van der Waals surface area (Å²) in [6.07, 6.45) is 2.12. The molecule has 0 bridgehead atoms. The van der Waals surface area contributed by atoms with E-state index in [1.807, 2.05) is 11.4 Å². The Morgan fingerprint density at radius 1 is 1.21 bits per heavy atom. The third kappa shape index (κ3) is 4.95. The summed E-state index contributed by atoms with van der Waals surface area (Å²) < 4.78 is 25.6. The first-order valence-electron chi connectivity index (χ1n) is 9.39. The molecule has 0 radical (unpaired) electrons. The van der Waals surface area contributed by atoms with Gasteiger partial charge in [-0.3, -0.25) is 0 Å². The lowest BCUT2D eigenvalue weighted by Gasteiger charge is -2.24. The minimum atomic E-state index is -0.352. The van der Waals surface area contributed by atoms with Gasteiger partial charge in [0.2, 0.25) is 0 Å². The topological polar surface area (TPSA) is 68.3 Å². The Labute approximate surface area is 179 Å². The van der Waals surface area contributed by atoms with E-state index in [0.29, 0.717) is 30.7 Å². The number of hydrogen-bond acceptors (Lipinski definition) is 7. The van der Waals surface area contributed by atoms with E-state index < -0.39 is 0 Å². The zero-order valence-electron chi connectivity index (χ0n) is 16.1. The number of halogens is 2. The summed E-state index contributed by atoms with van der Waals surface area (Å²) in [5.41, 5.74) is 1.42. The Morgan fingerprint density at radius 3 is 2.83 bits per heavy atom. The average molecular weight is 439 g/mol. The number of methoxy groups -OCH3 is 1. The van der Waals surface area contributed by atoms with Gasteiger partial charge in [0.05, 0.1) is 11.3 Å². The summed E-state index contributed by atoms with van der Waals surface area (Å²) in [5, 5.41) is 18.9. The molecular weight excluding hydrogens is 415 g/mol. The van der Waals surface area contributed by atoms with E-state index in [1.165, 1.54) is 12.1 Å². The van der Waals surface area contributed by atoms with E-state index in [1.54, 1.807) is 24.5 Å².